The van der Waals surface area contributed by atoms with Crippen molar-refractivity contribution in [3.8, 4) is 11.5 Å². The van der Waals surface area contributed by atoms with Crippen molar-refractivity contribution in [3.05, 3.63) is 131 Å². The summed E-state index contributed by atoms with van der Waals surface area (Å²) in [5.74, 6) is -1.83. The SMILES string of the molecule is COc1ccc(OC)c([C@@H]2O[C@H](CNC(=O)c3ccccc3)[C@@H](OC(C)=O)[C@H](OC(=O)c3ccccc3)[C@H]2OC(=O)c2ccccc2)c1. The van der Waals surface area contributed by atoms with Crippen LogP contribution in [0, 0.1) is 0 Å². The van der Waals surface area contributed by atoms with Crippen LogP contribution in [-0.2, 0) is 23.7 Å². The van der Waals surface area contributed by atoms with Crippen molar-refractivity contribution >= 4 is 23.8 Å². The Morgan fingerprint density at radius 3 is 1.71 bits per heavy atom. The maximum absolute atomic E-state index is 13.6. The highest BCUT2D eigenvalue weighted by molar-refractivity contribution is 5.94. The number of carbonyl (C=O) groups is 4. The number of rotatable bonds is 11. The molecular formula is C37H35NO10. The zero-order valence-corrected chi connectivity index (χ0v) is 26.6. The Kier molecular flexibility index (Phi) is 11.0. The average Bonchev–Trinajstić information content (AvgIpc) is 3.12. The highest BCUT2D eigenvalue weighted by Gasteiger charge is 2.53. The van der Waals surface area contributed by atoms with Gasteiger partial charge in [0.15, 0.2) is 18.3 Å². The van der Waals surface area contributed by atoms with Gasteiger partial charge in [-0.1, -0.05) is 54.6 Å². The molecule has 248 valence electrons. The highest BCUT2D eigenvalue weighted by Crippen LogP contribution is 2.42. The fourth-order valence-corrected chi connectivity index (χ4v) is 5.40. The molecule has 11 heteroatoms. The lowest BCUT2D eigenvalue weighted by Crippen LogP contribution is -2.60. The number of ether oxygens (including phenoxy) is 6. The second-order valence-electron chi connectivity index (χ2n) is 10.8. The van der Waals surface area contributed by atoms with Crippen molar-refractivity contribution in [2.45, 2.75) is 37.4 Å². The molecule has 0 aromatic heterocycles. The summed E-state index contributed by atoms with van der Waals surface area (Å²) < 4.78 is 35.7. The number of hydrogen-bond donors (Lipinski definition) is 1. The van der Waals surface area contributed by atoms with Gasteiger partial charge in [-0.05, 0) is 54.6 Å². The Labute approximate surface area is 277 Å². The van der Waals surface area contributed by atoms with Gasteiger partial charge in [-0.3, -0.25) is 9.59 Å². The second kappa shape index (κ2) is 15.7. The molecule has 0 bridgehead atoms. The maximum Gasteiger partial charge on any atom is 0.338 e. The molecule has 0 saturated carbocycles. The minimum absolute atomic E-state index is 0.173. The van der Waals surface area contributed by atoms with Crippen LogP contribution in [0.3, 0.4) is 0 Å². The Morgan fingerprint density at radius 2 is 1.19 bits per heavy atom. The highest BCUT2D eigenvalue weighted by atomic mass is 16.6. The molecule has 5 atom stereocenters. The van der Waals surface area contributed by atoms with Crippen LogP contribution in [0.4, 0.5) is 0 Å². The Bertz CT molecular complexity index is 1710. The van der Waals surface area contributed by atoms with Gasteiger partial charge in [-0.2, -0.15) is 0 Å². The van der Waals surface area contributed by atoms with Crippen LogP contribution in [0.15, 0.2) is 109 Å². The summed E-state index contributed by atoms with van der Waals surface area (Å²) in [6, 6.07) is 30.0. The summed E-state index contributed by atoms with van der Waals surface area (Å²) in [5, 5.41) is 2.82. The van der Waals surface area contributed by atoms with E-state index in [0.29, 0.717) is 22.6 Å². The predicted octanol–water partition coefficient (Wildman–Crippen LogP) is 4.96. The van der Waals surface area contributed by atoms with Gasteiger partial charge in [0.1, 0.15) is 23.7 Å². The summed E-state index contributed by atoms with van der Waals surface area (Å²) in [6.45, 7) is 1.02. The van der Waals surface area contributed by atoms with Crippen LogP contribution >= 0.6 is 0 Å². The Hall–Kier alpha value is -5.68. The van der Waals surface area contributed by atoms with E-state index in [0.717, 1.165) is 0 Å². The Balaban J connectivity index is 1.62. The monoisotopic (exact) mass is 653 g/mol. The third kappa shape index (κ3) is 7.99. The van der Waals surface area contributed by atoms with Crippen molar-refractivity contribution in [2.75, 3.05) is 20.8 Å². The molecular weight excluding hydrogens is 618 g/mol. The molecule has 1 saturated heterocycles. The smallest absolute Gasteiger partial charge is 0.338 e. The molecule has 11 nitrogen and oxygen atoms in total. The third-order valence-corrected chi connectivity index (χ3v) is 7.68. The van der Waals surface area contributed by atoms with Gasteiger partial charge in [0, 0.05) is 24.6 Å². The minimum atomic E-state index is -1.41. The fourth-order valence-electron chi connectivity index (χ4n) is 5.40. The molecule has 0 radical (unpaired) electrons. The molecule has 4 aromatic carbocycles. The van der Waals surface area contributed by atoms with Crippen LogP contribution in [0.25, 0.3) is 0 Å². The summed E-state index contributed by atoms with van der Waals surface area (Å²) in [6.07, 6.45) is -6.38. The van der Waals surface area contributed by atoms with Gasteiger partial charge in [-0.15, -0.1) is 0 Å². The van der Waals surface area contributed by atoms with E-state index < -0.39 is 54.3 Å². The minimum Gasteiger partial charge on any atom is -0.497 e. The first kappa shape index (κ1) is 33.7. The molecule has 5 rings (SSSR count). The summed E-state index contributed by atoms with van der Waals surface area (Å²) in [4.78, 5) is 52.9. The molecule has 48 heavy (non-hydrogen) atoms. The largest absolute Gasteiger partial charge is 0.497 e. The van der Waals surface area contributed by atoms with E-state index in [1.165, 1.54) is 21.1 Å². The molecule has 1 N–H and O–H groups in total. The van der Waals surface area contributed by atoms with Gasteiger partial charge < -0.3 is 33.7 Å². The number of hydrogen-bond acceptors (Lipinski definition) is 10. The number of benzene rings is 4. The predicted molar refractivity (Wildman–Crippen MR) is 173 cm³/mol. The van der Waals surface area contributed by atoms with Crippen molar-refractivity contribution < 1.29 is 47.6 Å². The number of carbonyl (C=O) groups excluding carboxylic acids is 4. The first-order chi connectivity index (χ1) is 23.3. The number of amides is 1. The van der Waals surface area contributed by atoms with Crippen LogP contribution < -0.4 is 14.8 Å². The normalized spacial score (nSPS) is 20.1. The van der Waals surface area contributed by atoms with Crippen LogP contribution in [0.2, 0.25) is 0 Å². The lowest BCUT2D eigenvalue weighted by atomic mass is 9.89. The van der Waals surface area contributed by atoms with Gasteiger partial charge in [0.25, 0.3) is 5.91 Å². The molecule has 1 amide bonds. The topological polar surface area (TPSA) is 136 Å². The molecule has 1 heterocycles. The lowest BCUT2D eigenvalue weighted by Gasteiger charge is -2.45. The average molecular weight is 654 g/mol. The van der Waals surface area contributed by atoms with Gasteiger partial charge in [-0.25, -0.2) is 9.59 Å². The molecule has 1 fully saturated rings. The molecule has 0 aliphatic carbocycles. The number of esters is 3. The van der Waals surface area contributed by atoms with Crippen LogP contribution in [-0.4, -0.2) is 69.0 Å². The van der Waals surface area contributed by atoms with E-state index in [9.17, 15) is 19.2 Å². The van der Waals surface area contributed by atoms with Crippen LogP contribution in [0.5, 0.6) is 11.5 Å². The molecule has 1 aliphatic rings. The quantitative estimate of drug-likeness (QED) is 0.175. The zero-order valence-electron chi connectivity index (χ0n) is 26.6. The van der Waals surface area contributed by atoms with E-state index in [4.69, 9.17) is 28.4 Å². The molecule has 0 unspecified atom stereocenters. The number of methoxy groups -OCH3 is 2. The van der Waals surface area contributed by atoms with E-state index in [-0.39, 0.29) is 17.7 Å². The summed E-state index contributed by atoms with van der Waals surface area (Å²) >= 11 is 0. The van der Waals surface area contributed by atoms with Crippen molar-refractivity contribution in [2.24, 2.45) is 0 Å². The van der Waals surface area contributed by atoms with Gasteiger partial charge >= 0.3 is 17.9 Å². The van der Waals surface area contributed by atoms with Gasteiger partial charge in [0.2, 0.25) is 0 Å². The standard InChI is InChI=1S/C37H35NO10/c1-23(39)45-32-30(22-38-35(40)24-13-7-4-8-14-24)46-31(28-21-27(43-2)19-20-29(28)44-3)33(47-36(41)25-15-9-5-10-16-25)34(32)48-37(42)26-17-11-6-12-18-26/h4-21,30-34H,22H2,1-3H3,(H,38,40)/t30-,31+,32-,33+,34+/m1/s1. The summed E-state index contributed by atoms with van der Waals surface area (Å²) in [7, 11) is 2.95. The van der Waals surface area contributed by atoms with E-state index >= 15 is 0 Å². The van der Waals surface area contributed by atoms with Gasteiger partial charge in [0.05, 0.1) is 25.3 Å². The van der Waals surface area contributed by atoms with Crippen LogP contribution in [0.1, 0.15) is 49.7 Å². The molecule has 4 aromatic rings. The molecule has 0 spiro atoms. The van der Waals surface area contributed by atoms with Crippen molar-refractivity contribution in [3.63, 3.8) is 0 Å². The molecule has 1 aliphatic heterocycles. The van der Waals surface area contributed by atoms with E-state index in [1.54, 1.807) is 109 Å². The Morgan fingerprint density at radius 1 is 0.646 bits per heavy atom. The third-order valence-electron chi connectivity index (χ3n) is 7.68. The second-order valence-corrected chi connectivity index (χ2v) is 10.8. The zero-order chi connectivity index (χ0) is 34.0. The van der Waals surface area contributed by atoms with E-state index in [2.05, 4.69) is 5.32 Å². The lowest BCUT2D eigenvalue weighted by molar-refractivity contribution is -0.233. The van der Waals surface area contributed by atoms with E-state index in [1.807, 2.05) is 0 Å². The van der Waals surface area contributed by atoms with Crippen molar-refractivity contribution in [1.29, 1.82) is 0 Å². The number of nitrogens with one attached hydrogen (secondary N) is 1. The maximum atomic E-state index is 13.6. The summed E-state index contributed by atoms with van der Waals surface area (Å²) in [5.41, 5.74) is 1.22. The van der Waals surface area contributed by atoms with Crippen molar-refractivity contribution in [1.82, 2.24) is 5.32 Å². The first-order valence-electron chi connectivity index (χ1n) is 15.2. The first-order valence-corrected chi connectivity index (χ1v) is 15.2. The fraction of sp³-hybridized carbons (Fsp3) is 0.243.